The third kappa shape index (κ3) is 2.43. The number of nitrogen functional groups attached to an aromatic ring is 1. The van der Waals surface area contributed by atoms with Crippen molar-refractivity contribution in [1.29, 1.82) is 0 Å². The Hall–Kier alpha value is -2.18. The molecule has 1 aliphatic rings. The minimum atomic E-state index is 0.256. The highest BCUT2D eigenvalue weighted by molar-refractivity contribution is 5.38. The number of aromatic nitrogens is 5. The molecule has 1 saturated heterocycles. The number of nitrogens with two attached hydrogens (primary N) is 1. The Morgan fingerprint density at radius 3 is 2.60 bits per heavy atom. The molecular formula is C13H19N7. The lowest BCUT2D eigenvalue weighted by molar-refractivity contribution is 0.567. The minimum Gasteiger partial charge on any atom is -0.368 e. The average molecular weight is 273 g/mol. The number of hydrogen-bond donors (Lipinski definition) is 1. The molecule has 0 unspecified atom stereocenters. The van der Waals surface area contributed by atoms with Crippen molar-refractivity contribution >= 4 is 11.9 Å². The van der Waals surface area contributed by atoms with E-state index in [1.165, 1.54) is 19.3 Å². The lowest BCUT2D eigenvalue weighted by Crippen LogP contribution is -2.31. The molecule has 3 rings (SSSR count). The van der Waals surface area contributed by atoms with Crippen LogP contribution >= 0.6 is 0 Å². The molecule has 0 atom stereocenters. The fourth-order valence-corrected chi connectivity index (χ4v) is 2.49. The molecule has 0 amide bonds. The van der Waals surface area contributed by atoms with E-state index in [0.29, 0.717) is 11.9 Å². The van der Waals surface area contributed by atoms with Gasteiger partial charge in [-0.25, -0.2) is 4.98 Å². The highest BCUT2D eigenvalue weighted by atomic mass is 15.3. The van der Waals surface area contributed by atoms with Crippen LogP contribution in [0.2, 0.25) is 0 Å². The molecule has 0 aromatic carbocycles. The molecule has 2 aromatic rings. The second-order valence-corrected chi connectivity index (χ2v) is 4.91. The van der Waals surface area contributed by atoms with Crippen LogP contribution in [0.15, 0.2) is 12.4 Å². The van der Waals surface area contributed by atoms with E-state index in [4.69, 9.17) is 5.73 Å². The molecule has 7 nitrogen and oxygen atoms in total. The van der Waals surface area contributed by atoms with Gasteiger partial charge in [-0.3, -0.25) is 4.57 Å². The molecule has 2 N–H and O–H groups in total. The van der Waals surface area contributed by atoms with Crippen LogP contribution < -0.4 is 10.6 Å². The van der Waals surface area contributed by atoms with Crippen LogP contribution in [0, 0.1) is 0 Å². The van der Waals surface area contributed by atoms with Crippen molar-refractivity contribution in [3.05, 3.63) is 18.2 Å². The van der Waals surface area contributed by atoms with E-state index in [9.17, 15) is 0 Å². The Bertz CT molecular complexity index is 586. The third-order valence-corrected chi connectivity index (χ3v) is 3.52. The zero-order valence-electron chi connectivity index (χ0n) is 11.7. The van der Waals surface area contributed by atoms with Crippen molar-refractivity contribution in [3.8, 4) is 5.95 Å². The Balaban J connectivity index is 1.98. The fourth-order valence-electron chi connectivity index (χ4n) is 2.49. The van der Waals surface area contributed by atoms with Gasteiger partial charge in [-0.15, -0.1) is 0 Å². The second kappa shape index (κ2) is 5.44. The van der Waals surface area contributed by atoms with E-state index in [-0.39, 0.29) is 5.95 Å². The van der Waals surface area contributed by atoms with Gasteiger partial charge in [0.05, 0.1) is 0 Å². The zero-order chi connectivity index (χ0) is 13.9. The molecule has 0 saturated carbocycles. The summed E-state index contributed by atoms with van der Waals surface area (Å²) in [7, 11) is 0. The summed E-state index contributed by atoms with van der Waals surface area (Å²) < 4.78 is 1.87. The molecule has 0 aliphatic carbocycles. The Morgan fingerprint density at radius 2 is 1.85 bits per heavy atom. The van der Waals surface area contributed by atoms with E-state index in [1.807, 2.05) is 10.8 Å². The van der Waals surface area contributed by atoms with E-state index in [1.54, 1.807) is 6.20 Å². The summed E-state index contributed by atoms with van der Waals surface area (Å²) in [5.41, 5.74) is 5.84. The second-order valence-electron chi connectivity index (χ2n) is 4.91. The summed E-state index contributed by atoms with van der Waals surface area (Å²) in [5, 5.41) is 0. The van der Waals surface area contributed by atoms with Crippen LogP contribution in [-0.2, 0) is 6.42 Å². The summed E-state index contributed by atoms with van der Waals surface area (Å²) in [6, 6.07) is 0. The normalized spacial score (nSPS) is 15.6. The molecule has 0 spiro atoms. The van der Waals surface area contributed by atoms with Crippen molar-refractivity contribution in [3.63, 3.8) is 0 Å². The Labute approximate surface area is 117 Å². The molecule has 1 fully saturated rings. The van der Waals surface area contributed by atoms with Crippen LogP contribution in [-0.4, -0.2) is 37.6 Å². The summed E-state index contributed by atoms with van der Waals surface area (Å²) in [4.78, 5) is 19.5. The van der Waals surface area contributed by atoms with Crippen molar-refractivity contribution in [2.75, 3.05) is 23.7 Å². The lowest BCUT2D eigenvalue weighted by atomic mass is 10.1. The first-order valence-corrected chi connectivity index (χ1v) is 7.07. The van der Waals surface area contributed by atoms with Crippen molar-refractivity contribution in [2.24, 2.45) is 0 Å². The van der Waals surface area contributed by atoms with E-state index in [2.05, 4.69) is 31.8 Å². The smallest absolute Gasteiger partial charge is 0.241 e. The van der Waals surface area contributed by atoms with Gasteiger partial charge in [0.1, 0.15) is 5.82 Å². The third-order valence-electron chi connectivity index (χ3n) is 3.52. The van der Waals surface area contributed by atoms with Gasteiger partial charge >= 0.3 is 0 Å². The van der Waals surface area contributed by atoms with Gasteiger partial charge in [0.15, 0.2) is 0 Å². The van der Waals surface area contributed by atoms with Gasteiger partial charge in [-0.05, 0) is 19.3 Å². The Morgan fingerprint density at radius 1 is 1.10 bits per heavy atom. The van der Waals surface area contributed by atoms with Crippen LogP contribution in [0.25, 0.3) is 5.95 Å². The van der Waals surface area contributed by atoms with Gasteiger partial charge in [0.25, 0.3) is 0 Å². The number of aryl methyl sites for hydroxylation is 1. The largest absolute Gasteiger partial charge is 0.368 e. The predicted octanol–water partition coefficient (Wildman–Crippen LogP) is 1.19. The summed E-state index contributed by atoms with van der Waals surface area (Å²) in [5.74, 6) is 2.39. The molecule has 2 aromatic heterocycles. The molecule has 1 aliphatic heterocycles. The van der Waals surface area contributed by atoms with Crippen molar-refractivity contribution in [2.45, 2.75) is 32.6 Å². The number of imidazole rings is 1. The minimum absolute atomic E-state index is 0.256. The van der Waals surface area contributed by atoms with Crippen LogP contribution in [0.1, 0.15) is 32.0 Å². The standard InChI is InChI=1S/C13H19N7/c1-2-10-15-6-9-20(10)13-17-11(14)16-12(18-13)19-7-4-3-5-8-19/h6,9H,2-5,7-8H2,1H3,(H2,14,16,17,18). The topological polar surface area (TPSA) is 85.8 Å². The molecule has 0 bridgehead atoms. The zero-order valence-corrected chi connectivity index (χ0v) is 11.7. The Kier molecular flexibility index (Phi) is 3.49. The number of nitrogens with zero attached hydrogens (tertiary/aromatic N) is 6. The quantitative estimate of drug-likeness (QED) is 0.904. The first-order valence-electron chi connectivity index (χ1n) is 7.07. The first-order chi connectivity index (χ1) is 9.78. The maximum absolute atomic E-state index is 5.84. The van der Waals surface area contributed by atoms with E-state index >= 15 is 0 Å². The fraction of sp³-hybridized carbons (Fsp3) is 0.538. The lowest BCUT2D eigenvalue weighted by Gasteiger charge is -2.26. The number of rotatable bonds is 3. The maximum Gasteiger partial charge on any atom is 0.241 e. The summed E-state index contributed by atoms with van der Waals surface area (Å²) in [6.45, 7) is 4.01. The van der Waals surface area contributed by atoms with Crippen LogP contribution in [0.3, 0.4) is 0 Å². The highest BCUT2D eigenvalue weighted by Gasteiger charge is 2.16. The average Bonchev–Trinajstić information content (AvgIpc) is 2.96. The number of hydrogen-bond acceptors (Lipinski definition) is 6. The van der Waals surface area contributed by atoms with Gasteiger partial charge in [0, 0.05) is 31.9 Å². The summed E-state index contributed by atoms with van der Waals surface area (Å²) in [6.07, 6.45) is 8.04. The molecule has 3 heterocycles. The van der Waals surface area contributed by atoms with Crippen molar-refractivity contribution < 1.29 is 0 Å². The molecule has 0 radical (unpaired) electrons. The molecular weight excluding hydrogens is 254 g/mol. The van der Waals surface area contributed by atoms with Gasteiger partial charge in [0.2, 0.25) is 17.8 Å². The molecule has 20 heavy (non-hydrogen) atoms. The molecule has 7 heteroatoms. The maximum atomic E-state index is 5.84. The number of anilines is 2. The monoisotopic (exact) mass is 273 g/mol. The van der Waals surface area contributed by atoms with Gasteiger partial charge in [-0.2, -0.15) is 15.0 Å². The van der Waals surface area contributed by atoms with E-state index in [0.717, 1.165) is 25.3 Å². The predicted molar refractivity (Wildman–Crippen MR) is 76.8 cm³/mol. The van der Waals surface area contributed by atoms with Crippen LogP contribution in [0.5, 0.6) is 0 Å². The SMILES string of the molecule is CCc1nccn1-c1nc(N)nc(N2CCCCC2)n1. The van der Waals surface area contributed by atoms with Crippen LogP contribution in [0.4, 0.5) is 11.9 Å². The van der Waals surface area contributed by atoms with Gasteiger partial charge < -0.3 is 10.6 Å². The molecule has 106 valence electrons. The van der Waals surface area contributed by atoms with Crippen molar-refractivity contribution in [1.82, 2.24) is 24.5 Å². The van der Waals surface area contributed by atoms with Gasteiger partial charge in [-0.1, -0.05) is 6.92 Å². The highest BCUT2D eigenvalue weighted by Crippen LogP contribution is 2.18. The first kappa shape index (κ1) is 12.8. The number of piperidine rings is 1. The summed E-state index contributed by atoms with van der Waals surface area (Å²) >= 11 is 0. The van der Waals surface area contributed by atoms with E-state index < -0.39 is 0 Å².